The fraction of sp³-hybridized carbons (Fsp3) is 0.500. The molecule has 0 radical (unpaired) electrons. The molecule has 146 valence electrons. The third-order valence-electron chi connectivity index (χ3n) is 6.16. The smallest absolute Gasteiger partial charge is 0.269 e. The topological polar surface area (TPSA) is 88.3 Å². The van der Waals surface area contributed by atoms with Crippen LogP contribution in [0.2, 0.25) is 0 Å². The highest BCUT2D eigenvalue weighted by Crippen LogP contribution is 2.35. The molecule has 0 atom stereocenters. The molecule has 8 nitrogen and oxygen atoms in total. The molecule has 4 heterocycles. The molecule has 2 aliphatic heterocycles. The van der Waals surface area contributed by atoms with E-state index in [1.807, 2.05) is 29.3 Å². The summed E-state index contributed by atoms with van der Waals surface area (Å²) in [6.07, 6.45) is 8.58. The van der Waals surface area contributed by atoms with Crippen LogP contribution in [0.1, 0.15) is 48.9 Å². The fourth-order valence-corrected chi connectivity index (χ4v) is 4.12. The molecule has 0 aromatic carbocycles. The predicted molar refractivity (Wildman–Crippen MR) is 102 cm³/mol. The third kappa shape index (κ3) is 2.93. The van der Waals surface area contributed by atoms with Gasteiger partial charge in [-0.2, -0.15) is 5.10 Å². The van der Waals surface area contributed by atoms with E-state index >= 15 is 0 Å². The zero-order chi connectivity index (χ0) is 19.1. The van der Waals surface area contributed by atoms with Gasteiger partial charge in [0.1, 0.15) is 11.3 Å². The summed E-state index contributed by atoms with van der Waals surface area (Å²) >= 11 is 0. The number of nitrogens with one attached hydrogen (secondary N) is 1. The Morgan fingerprint density at radius 3 is 2.79 bits per heavy atom. The van der Waals surface area contributed by atoms with Gasteiger partial charge >= 0.3 is 0 Å². The highest BCUT2D eigenvalue weighted by atomic mass is 16.7. The summed E-state index contributed by atoms with van der Waals surface area (Å²) in [6, 6.07) is 5.97. The van der Waals surface area contributed by atoms with Crippen molar-refractivity contribution in [2.45, 2.75) is 50.2 Å². The summed E-state index contributed by atoms with van der Waals surface area (Å²) in [4.78, 5) is 32.8. The van der Waals surface area contributed by atoms with Crippen LogP contribution in [-0.2, 0) is 9.63 Å². The molecule has 8 heteroatoms. The Morgan fingerprint density at radius 1 is 1.21 bits per heavy atom. The number of nitrogens with zero attached hydrogens (tertiary/aromatic N) is 4. The van der Waals surface area contributed by atoms with Crippen LogP contribution in [0.3, 0.4) is 0 Å². The van der Waals surface area contributed by atoms with Crippen LogP contribution in [0, 0.1) is 0 Å². The van der Waals surface area contributed by atoms with Gasteiger partial charge in [-0.1, -0.05) is 11.2 Å². The second kappa shape index (κ2) is 6.61. The van der Waals surface area contributed by atoms with E-state index in [1.54, 1.807) is 10.7 Å². The molecule has 2 aromatic heterocycles. The predicted octanol–water partition coefficient (Wildman–Crippen LogP) is 1.75. The first-order valence-electron chi connectivity index (χ1n) is 9.91. The monoisotopic (exact) mass is 381 g/mol. The molecule has 3 aliphatic rings. The quantitative estimate of drug-likeness (QED) is 0.877. The van der Waals surface area contributed by atoms with Gasteiger partial charge in [-0.15, -0.1) is 0 Å². The number of fused-ring (bicyclic) bond motifs is 1. The van der Waals surface area contributed by atoms with Crippen LogP contribution in [-0.4, -0.2) is 56.8 Å². The van der Waals surface area contributed by atoms with E-state index in [9.17, 15) is 9.59 Å². The molecule has 5 rings (SSSR count). The van der Waals surface area contributed by atoms with E-state index in [2.05, 4.69) is 15.6 Å². The van der Waals surface area contributed by atoms with Crippen LogP contribution in [0.15, 0.2) is 35.7 Å². The number of amides is 2. The molecule has 1 aliphatic carbocycles. The minimum absolute atomic E-state index is 0.0158. The summed E-state index contributed by atoms with van der Waals surface area (Å²) in [5, 5.41) is 11.3. The molecule has 2 aromatic rings. The summed E-state index contributed by atoms with van der Waals surface area (Å²) in [7, 11) is 0. The zero-order valence-electron chi connectivity index (χ0n) is 15.6. The van der Waals surface area contributed by atoms with Crippen LogP contribution in [0.4, 0.5) is 0 Å². The van der Waals surface area contributed by atoms with Gasteiger partial charge < -0.3 is 15.1 Å². The lowest BCUT2D eigenvalue weighted by Crippen LogP contribution is -2.48. The average molecular weight is 381 g/mol. The molecule has 1 spiro atoms. The van der Waals surface area contributed by atoms with Gasteiger partial charge in [-0.25, -0.2) is 4.52 Å². The molecule has 0 unspecified atom stereocenters. The van der Waals surface area contributed by atoms with Crippen molar-refractivity contribution >= 4 is 23.0 Å². The number of aromatic nitrogens is 2. The number of carbonyl (C=O) groups is 2. The number of oxime groups is 1. The lowest BCUT2D eigenvalue weighted by Gasteiger charge is -2.37. The van der Waals surface area contributed by atoms with E-state index in [0.29, 0.717) is 43.6 Å². The number of likely N-dealkylation sites (tertiary alicyclic amines) is 1. The Labute approximate surface area is 162 Å². The Bertz CT molecular complexity index is 954. The lowest BCUT2D eigenvalue weighted by atomic mass is 9.86. The molecule has 2 fully saturated rings. The van der Waals surface area contributed by atoms with Crippen molar-refractivity contribution < 1.29 is 14.4 Å². The maximum Gasteiger partial charge on any atom is 0.269 e. The van der Waals surface area contributed by atoms with Gasteiger partial charge in [-0.05, 0) is 31.4 Å². The molecule has 1 N–H and O–H groups in total. The van der Waals surface area contributed by atoms with Crippen molar-refractivity contribution in [1.82, 2.24) is 19.8 Å². The second-order valence-electron chi connectivity index (χ2n) is 7.97. The van der Waals surface area contributed by atoms with Gasteiger partial charge in [0.25, 0.3) is 11.8 Å². The normalized spacial score (nSPS) is 21.3. The molecule has 2 amide bonds. The van der Waals surface area contributed by atoms with Crippen molar-refractivity contribution in [1.29, 1.82) is 0 Å². The maximum absolute atomic E-state index is 13.0. The summed E-state index contributed by atoms with van der Waals surface area (Å²) in [5.74, 6) is -0.121. The van der Waals surface area contributed by atoms with E-state index in [-0.39, 0.29) is 17.9 Å². The summed E-state index contributed by atoms with van der Waals surface area (Å²) in [6.45, 7) is 1.16. The van der Waals surface area contributed by atoms with Gasteiger partial charge in [-0.3, -0.25) is 9.59 Å². The lowest BCUT2D eigenvalue weighted by molar-refractivity contribution is -0.116. The Hall–Kier alpha value is -2.90. The number of piperidine rings is 1. The number of rotatable bonds is 3. The number of hydrogen-bond donors (Lipinski definition) is 1. The fourth-order valence-electron chi connectivity index (χ4n) is 4.12. The third-order valence-corrected chi connectivity index (χ3v) is 6.16. The van der Waals surface area contributed by atoms with E-state index in [4.69, 9.17) is 4.84 Å². The zero-order valence-corrected chi connectivity index (χ0v) is 15.6. The number of hydrogen-bond acceptors (Lipinski definition) is 5. The van der Waals surface area contributed by atoms with Crippen LogP contribution in [0.25, 0.3) is 5.52 Å². The molecular formula is C20H23N5O3. The van der Waals surface area contributed by atoms with E-state index in [0.717, 1.165) is 18.4 Å². The van der Waals surface area contributed by atoms with Crippen molar-refractivity contribution in [2.24, 2.45) is 5.16 Å². The standard InChI is InChI=1S/C20H23N5O3/c26-18(22-14-4-3-5-14)16-12-20(28-23-16)7-10-24(11-8-20)19(27)15-13-21-25-9-2-1-6-17(15)25/h1-2,6,9,13-14H,3-5,7-8,10-12H2,(H,22,26). The Morgan fingerprint density at radius 2 is 2.04 bits per heavy atom. The van der Waals surface area contributed by atoms with Crippen LogP contribution >= 0.6 is 0 Å². The maximum atomic E-state index is 13.0. The highest BCUT2D eigenvalue weighted by Gasteiger charge is 2.45. The summed E-state index contributed by atoms with van der Waals surface area (Å²) < 4.78 is 1.71. The van der Waals surface area contributed by atoms with E-state index < -0.39 is 5.60 Å². The molecule has 1 saturated carbocycles. The number of carbonyl (C=O) groups excluding carboxylic acids is 2. The first-order chi connectivity index (χ1) is 13.6. The minimum atomic E-state index is -0.454. The first kappa shape index (κ1) is 17.2. The Balaban J connectivity index is 1.21. The van der Waals surface area contributed by atoms with Gasteiger partial charge in [0.2, 0.25) is 0 Å². The van der Waals surface area contributed by atoms with Crippen LogP contribution < -0.4 is 5.32 Å². The van der Waals surface area contributed by atoms with Crippen LogP contribution in [0.5, 0.6) is 0 Å². The Kier molecular flexibility index (Phi) is 4.07. The van der Waals surface area contributed by atoms with Gasteiger partial charge in [0.05, 0.1) is 17.3 Å². The molecule has 0 bridgehead atoms. The first-order valence-corrected chi connectivity index (χ1v) is 9.91. The minimum Gasteiger partial charge on any atom is -0.388 e. The number of pyridine rings is 1. The molecular weight excluding hydrogens is 358 g/mol. The van der Waals surface area contributed by atoms with Gasteiger partial charge in [0.15, 0.2) is 0 Å². The molecule has 1 saturated heterocycles. The highest BCUT2D eigenvalue weighted by molar-refractivity contribution is 6.39. The second-order valence-corrected chi connectivity index (χ2v) is 7.97. The SMILES string of the molecule is O=C(NC1CCC1)C1=NOC2(CCN(C(=O)c3cnn4ccccc34)CC2)C1. The van der Waals surface area contributed by atoms with Crippen molar-refractivity contribution in [2.75, 3.05) is 13.1 Å². The van der Waals surface area contributed by atoms with Crippen molar-refractivity contribution in [3.05, 3.63) is 36.2 Å². The average Bonchev–Trinajstić information content (AvgIpc) is 3.29. The van der Waals surface area contributed by atoms with Gasteiger partial charge in [0, 0.05) is 44.6 Å². The summed E-state index contributed by atoms with van der Waals surface area (Å²) in [5.41, 5.74) is 1.45. The molecule has 28 heavy (non-hydrogen) atoms. The van der Waals surface area contributed by atoms with E-state index in [1.165, 1.54) is 6.42 Å². The van der Waals surface area contributed by atoms with Crippen molar-refractivity contribution in [3.8, 4) is 0 Å². The largest absolute Gasteiger partial charge is 0.388 e. The van der Waals surface area contributed by atoms with Crippen molar-refractivity contribution in [3.63, 3.8) is 0 Å².